The highest BCUT2D eigenvalue weighted by Gasteiger charge is 2.38. The minimum atomic E-state index is -4.84. The van der Waals surface area contributed by atoms with Gasteiger partial charge < -0.3 is 14.0 Å². The number of halogens is 4. The van der Waals surface area contributed by atoms with Gasteiger partial charge >= 0.3 is 11.9 Å². The van der Waals surface area contributed by atoms with Gasteiger partial charge in [-0.05, 0) is 50.3 Å². The Kier molecular flexibility index (Phi) is 8.62. The van der Waals surface area contributed by atoms with Crippen LogP contribution in [0.5, 0.6) is 0 Å². The molecule has 1 atom stereocenters. The number of pyridine rings is 1. The van der Waals surface area contributed by atoms with Gasteiger partial charge in [0.15, 0.2) is 23.1 Å². The topological polar surface area (TPSA) is 93.2 Å². The molecule has 1 aliphatic rings. The van der Waals surface area contributed by atoms with Crippen molar-refractivity contribution >= 4 is 22.8 Å². The summed E-state index contributed by atoms with van der Waals surface area (Å²) in [4.78, 5) is 35.3. The van der Waals surface area contributed by atoms with E-state index in [-0.39, 0.29) is 60.2 Å². The molecule has 13 heteroatoms. The zero-order valence-corrected chi connectivity index (χ0v) is 23.1. The van der Waals surface area contributed by atoms with E-state index < -0.39 is 23.1 Å². The number of nitrogens with zero attached hydrogens (tertiary/aromatic N) is 5. The number of benzene rings is 1. The summed E-state index contributed by atoms with van der Waals surface area (Å²) in [5.41, 5.74) is -2.08. The van der Waals surface area contributed by atoms with E-state index in [0.29, 0.717) is 13.0 Å². The summed E-state index contributed by atoms with van der Waals surface area (Å²) in [7, 11) is 0. The molecule has 218 valence electrons. The molecular formula is C28H29ClF3N5O4. The van der Waals surface area contributed by atoms with Gasteiger partial charge in [-0.1, -0.05) is 41.9 Å². The Bertz CT molecular complexity index is 1640. The largest absolute Gasteiger partial charge is 0.434 e. The molecular weight excluding hydrogens is 563 g/mol. The van der Waals surface area contributed by atoms with Crippen LogP contribution in [0.25, 0.3) is 22.6 Å². The number of aryl methyl sites for hydroxylation is 1. The lowest BCUT2D eigenvalue weighted by molar-refractivity contribution is -0.163. The molecule has 1 unspecified atom stereocenters. The van der Waals surface area contributed by atoms with Crippen LogP contribution in [-0.4, -0.2) is 43.2 Å². The molecule has 0 aliphatic carbocycles. The fourth-order valence-corrected chi connectivity index (χ4v) is 5.16. The summed E-state index contributed by atoms with van der Waals surface area (Å²) in [6.07, 6.45) is -2.00. The predicted octanol–water partition coefficient (Wildman–Crippen LogP) is 5.10. The highest BCUT2D eigenvalue weighted by molar-refractivity contribution is 6.29. The Morgan fingerprint density at radius 3 is 2.51 bits per heavy atom. The van der Waals surface area contributed by atoms with Crippen molar-refractivity contribution in [1.29, 1.82) is 0 Å². The highest BCUT2D eigenvalue weighted by atomic mass is 35.5. The Hall–Kier alpha value is -3.48. The smallest absolute Gasteiger partial charge is 0.353 e. The van der Waals surface area contributed by atoms with E-state index in [1.807, 2.05) is 6.07 Å². The van der Waals surface area contributed by atoms with Gasteiger partial charge in [0.05, 0.1) is 6.61 Å². The third-order valence-corrected chi connectivity index (χ3v) is 7.16. The second-order valence-electron chi connectivity index (χ2n) is 9.71. The summed E-state index contributed by atoms with van der Waals surface area (Å²) in [6.45, 7) is 2.86. The molecule has 9 nitrogen and oxygen atoms in total. The van der Waals surface area contributed by atoms with Crippen LogP contribution in [0, 0.1) is 0 Å². The lowest BCUT2D eigenvalue weighted by atomic mass is 10.1. The molecule has 0 bridgehead atoms. The third-order valence-electron chi connectivity index (χ3n) is 6.95. The molecule has 0 N–H and O–H groups in total. The first-order chi connectivity index (χ1) is 19.7. The number of alkyl halides is 3. The number of hydrogen-bond acceptors (Lipinski definition) is 6. The van der Waals surface area contributed by atoms with Crippen LogP contribution in [0.15, 0.2) is 52.1 Å². The standard InChI is InChI=1S/C28H29ClF3N5O4/c1-2-35-25-22(26(38)36(27(35)39)14-8-16-41-21-11-6-7-15-40-21)37(17-18-9-4-3-5-10-18)24(34-25)19-12-13-20(29)33-23(19)28(30,31)32/h3-5,9-10,12-13,21H,2,6-8,11,14-17H2,1H3. The van der Waals surface area contributed by atoms with Crippen molar-refractivity contribution < 1.29 is 22.6 Å². The zero-order valence-electron chi connectivity index (χ0n) is 22.4. The summed E-state index contributed by atoms with van der Waals surface area (Å²) in [6, 6.07) is 11.4. The summed E-state index contributed by atoms with van der Waals surface area (Å²) < 4.78 is 57.4. The van der Waals surface area contributed by atoms with Gasteiger partial charge in [-0.2, -0.15) is 13.2 Å². The number of imidazole rings is 1. The first-order valence-corrected chi connectivity index (χ1v) is 13.8. The number of rotatable bonds is 9. The van der Waals surface area contributed by atoms with E-state index in [0.717, 1.165) is 29.4 Å². The van der Waals surface area contributed by atoms with Gasteiger partial charge in [0.1, 0.15) is 11.0 Å². The third kappa shape index (κ3) is 6.09. The highest BCUT2D eigenvalue weighted by Crippen LogP contribution is 2.37. The molecule has 0 amide bonds. The van der Waals surface area contributed by atoms with Gasteiger partial charge in [0, 0.05) is 31.8 Å². The summed E-state index contributed by atoms with van der Waals surface area (Å²) in [5.74, 6) is -0.144. The lowest BCUT2D eigenvalue weighted by Gasteiger charge is -2.22. The van der Waals surface area contributed by atoms with Crippen LogP contribution in [0.2, 0.25) is 5.15 Å². The van der Waals surface area contributed by atoms with E-state index in [1.165, 1.54) is 21.3 Å². The maximum atomic E-state index is 14.1. The average Bonchev–Trinajstić information content (AvgIpc) is 3.32. The second-order valence-corrected chi connectivity index (χ2v) is 10.1. The molecule has 1 aromatic carbocycles. The molecule has 0 radical (unpaired) electrons. The average molecular weight is 592 g/mol. The van der Waals surface area contributed by atoms with Crippen molar-refractivity contribution in [3.05, 3.63) is 79.7 Å². The number of ether oxygens (including phenoxy) is 2. The van der Waals surface area contributed by atoms with Crippen molar-refractivity contribution in [3.63, 3.8) is 0 Å². The van der Waals surface area contributed by atoms with Crippen molar-refractivity contribution in [2.45, 2.75) is 64.7 Å². The van der Waals surface area contributed by atoms with Crippen LogP contribution in [0.4, 0.5) is 13.2 Å². The predicted molar refractivity (Wildman–Crippen MR) is 147 cm³/mol. The lowest BCUT2D eigenvalue weighted by Crippen LogP contribution is -2.40. The van der Waals surface area contributed by atoms with Crippen molar-refractivity contribution in [2.75, 3.05) is 13.2 Å². The Morgan fingerprint density at radius 2 is 1.83 bits per heavy atom. The first kappa shape index (κ1) is 29.0. The Labute approximate surface area is 238 Å². The van der Waals surface area contributed by atoms with Gasteiger partial charge in [-0.25, -0.2) is 14.8 Å². The van der Waals surface area contributed by atoms with E-state index in [2.05, 4.69) is 9.97 Å². The fourth-order valence-electron chi connectivity index (χ4n) is 5.01. The molecule has 0 spiro atoms. The van der Waals surface area contributed by atoms with Crippen LogP contribution in [0.1, 0.15) is 43.9 Å². The zero-order chi connectivity index (χ0) is 29.1. The van der Waals surface area contributed by atoms with Gasteiger partial charge in [0.25, 0.3) is 5.56 Å². The van der Waals surface area contributed by atoms with Crippen molar-refractivity contribution in [3.8, 4) is 11.4 Å². The molecule has 5 rings (SSSR count). The molecule has 1 saturated heterocycles. The summed E-state index contributed by atoms with van der Waals surface area (Å²) >= 11 is 5.83. The minimum Gasteiger partial charge on any atom is -0.353 e. The van der Waals surface area contributed by atoms with E-state index in [9.17, 15) is 22.8 Å². The molecule has 1 fully saturated rings. The maximum absolute atomic E-state index is 14.1. The van der Waals surface area contributed by atoms with Crippen LogP contribution in [-0.2, 0) is 35.3 Å². The molecule has 3 aromatic heterocycles. The van der Waals surface area contributed by atoms with Gasteiger partial charge in [-0.15, -0.1) is 0 Å². The van der Waals surface area contributed by atoms with E-state index in [1.54, 1.807) is 31.2 Å². The van der Waals surface area contributed by atoms with E-state index in [4.69, 9.17) is 21.1 Å². The van der Waals surface area contributed by atoms with Crippen molar-refractivity contribution in [1.82, 2.24) is 23.7 Å². The van der Waals surface area contributed by atoms with Crippen LogP contribution >= 0.6 is 11.6 Å². The SMILES string of the molecule is CCn1c(=O)n(CCCOC2CCCCO2)c(=O)c2c1nc(-c1ccc(Cl)nc1C(F)(F)F)n2Cc1ccccc1. The van der Waals surface area contributed by atoms with Gasteiger partial charge in [-0.3, -0.25) is 13.9 Å². The Balaban J connectivity index is 1.64. The second kappa shape index (κ2) is 12.2. The number of fused-ring (bicyclic) bond motifs is 1. The van der Waals surface area contributed by atoms with Crippen LogP contribution < -0.4 is 11.2 Å². The first-order valence-electron chi connectivity index (χ1n) is 13.4. The molecule has 0 saturated carbocycles. The molecule has 1 aliphatic heterocycles. The molecule has 4 aromatic rings. The molecule has 41 heavy (non-hydrogen) atoms. The summed E-state index contributed by atoms with van der Waals surface area (Å²) in [5, 5.41) is -0.333. The number of aromatic nitrogens is 5. The van der Waals surface area contributed by atoms with Gasteiger partial charge in [0.2, 0.25) is 0 Å². The minimum absolute atomic E-state index is 0.000360. The number of hydrogen-bond donors (Lipinski definition) is 0. The monoisotopic (exact) mass is 591 g/mol. The normalized spacial score (nSPS) is 16.0. The van der Waals surface area contributed by atoms with Crippen molar-refractivity contribution in [2.24, 2.45) is 0 Å². The molecule has 4 heterocycles. The Morgan fingerprint density at radius 1 is 1.05 bits per heavy atom. The van der Waals surface area contributed by atoms with E-state index >= 15 is 0 Å². The van der Waals surface area contributed by atoms with Crippen LogP contribution in [0.3, 0.4) is 0 Å². The quantitative estimate of drug-likeness (QED) is 0.199. The maximum Gasteiger partial charge on any atom is 0.434 e. The fraction of sp³-hybridized carbons (Fsp3) is 0.429.